The van der Waals surface area contributed by atoms with E-state index in [1.54, 1.807) is 17.5 Å². The lowest BCUT2D eigenvalue weighted by atomic mass is 9.90. The molecule has 4 heterocycles. The minimum Gasteiger partial charge on any atom is -0.268 e. The number of halogens is 2. The van der Waals surface area contributed by atoms with Gasteiger partial charge in [-0.15, -0.1) is 11.3 Å². The highest BCUT2D eigenvalue weighted by Gasteiger charge is 2.36. The topological polar surface area (TPSA) is 71.7 Å². The van der Waals surface area contributed by atoms with Crippen LogP contribution in [-0.2, 0) is 0 Å². The second-order valence-electron chi connectivity index (χ2n) is 6.63. The van der Waals surface area contributed by atoms with Crippen LogP contribution in [0.25, 0.3) is 27.2 Å². The molecule has 0 bridgehead atoms. The lowest BCUT2D eigenvalue weighted by Gasteiger charge is -2.26. The smallest absolute Gasteiger partial charge is 0.268 e. The molecule has 0 fully saturated rings. The lowest BCUT2D eigenvalue weighted by molar-refractivity contribution is 0.0894. The summed E-state index contributed by atoms with van der Waals surface area (Å²) in [5, 5.41) is 3.20. The van der Waals surface area contributed by atoms with Crippen molar-refractivity contribution in [2.24, 2.45) is 0 Å². The van der Waals surface area contributed by atoms with Crippen molar-refractivity contribution in [3.63, 3.8) is 0 Å². The zero-order valence-electron chi connectivity index (χ0n) is 14.3. The van der Waals surface area contributed by atoms with Crippen LogP contribution >= 0.6 is 11.3 Å². The van der Waals surface area contributed by atoms with Crippen LogP contribution in [0.4, 0.5) is 13.8 Å². The molecule has 0 unspecified atom stereocenters. The van der Waals surface area contributed by atoms with E-state index in [2.05, 4.69) is 4.98 Å². The van der Waals surface area contributed by atoms with Crippen LogP contribution in [-0.4, -0.2) is 21.2 Å². The molecule has 140 valence electrons. The summed E-state index contributed by atoms with van der Waals surface area (Å²) in [5.74, 6) is -3.80. The molecule has 0 saturated heterocycles. The number of nitrogens with zero attached hydrogens (tertiary/aromatic N) is 3. The maximum absolute atomic E-state index is 14.1. The van der Waals surface area contributed by atoms with Gasteiger partial charge in [-0.3, -0.25) is 14.4 Å². The Morgan fingerprint density at radius 3 is 2.21 bits per heavy atom. The predicted molar refractivity (Wildman–Crippen MR) is 103 cm³/mol. The Balaban J connectivity index is 1.81. The highest BCUT2D eigenvalue weighted by Crippen LogP contribution is 2.38. The minimum atomic E-state index is -1.39. The number of carbonyl (C=O) groups excluding carboxylic acids is 2. The lowest BCUT2D eigenvalue weighted by Crippen LogP contribution is -2.40. The summed E-state index contributed by atoms with van der Waals surface area (Å²) in [7, 11) is 0. The summed E-state index contributed by atoms with van der Waals surface area (Å²) in [6, 6.07) is 9.22. The van der Waals surface area contributed by atoms with E-state index in [4.69, 9.17) is 0 Å². The van der Waals surface area contributed by atoms with Crippen LogP contribution < -0.4 is 10.5 Å². The van der Waals surface area contributed by atoms with E-state index in [1.165, 1.54) is 35.6 Å². The van der Waals surface area contributed by atoms with E-state index < -0.39 is 29.3 Å². The number of imidazole rings is 1. The van der Waals surface area contributed by atoms with Gasteiger partial charge in [0.25, 0.3) is 29.3 Å². The molecular formula is C20H7F2N3O3S. The number of hydrogen-bond donors (Lipinski definition) is 0. The highest BCUT2D eigenvalue weighted by atomic mass is 32.1. The van der Waals surface area contributed by atoms with Gasteiger partial charge in [0.15, 0.2) is 5.65 Å². The fraction of sp³-hybridized carbons (Fsp3) is 0. The van der Waals surface area contributed by atoms with Crippen molar-refractivity contribution in [1.29, 1.82) is 0 Å². The molecule has 6 rings (SSSR count). The molecule has 5 aromatic rings. The largest absolute Gasteiger partial charge is 0.269 e. The number of aromatic nitrogens is 2. The Kier molecular flexibility index (Phi) is 2.92. The van der Waals surface area contributed by atoms with Gasteiger partial charge in [0.1, 0.15) is 5.00 Å². The van der Waals surface area contributed by atoms with Gasteiger partial charge in [0, 0.05) is 32.7 Å². The van der Waals surface area contributed by atoms with Crippen molar-refractivity contribution in [1.82, 2.24) is 9.38 Å². The first-order valence-electron chi connectivity index (χ1n) is 8.50. The van der Waals surface area contributed by atoms with Gasteiger partial charge in [0.05, 0.1) is 0 Å². The zero-order chi connectivity index (χ0) is 20.0. The Morgan fingerprint density at radius 1 is 0.862 bits per heavy atom. The van der Waals surface area contributed by atoms with Crippen molar-refractivity contribution < 1.29 is 18.4 Å². The van der Waals surface area contributed by atoms with Crippen LogP contribution in [0.2, 0.25) is 0 Å². The van der Waals surface area contributed by atoms with Crippen molar-refractivity contribution in [2.75, 3.05) is 4.90 Å². The number of thiophene rings is 1. The molecule has 9 heteroatoms. The predicted octanol–water partition coefficient (Wildman–Crippen LogP) is 3.58. The Morgan fingerprint density at radius 2 is 1.55 bits per heavy atom. The van der Waals surface area contributed by atoms with E-state index >= 15 is 0 Å². The first-order valence-corrected chi connectivity index (χ1v) is 9.38. The van der Waals surface area contributed by atoms with Gasteiger partial charge in [-0.2, -0.15) is 13.8 Å². The SMILES string of the molecule is O=C1c2ccc3c(=O)n4c(F)c(F)nc4c4ccc(c2c34)C(=O)N1c1cccs1. The van der Waals surface area contributed by atoms with Crippen LogP contribution in [0.15, 0.2) is 46.6 Å². The van der Waals surface area contributed by atoms with E-state index in [9.17, 15) is 23.2 Å². The summed E-state index contributed by atoms with van der Waals surface area (Å²) in [5.41, 5.74) is -0.517. The fourth-order valence-electron chi connectivity index (χ4n) is 4.01. The molecule has 0 atom stereocenters. The fourth-order valence-corrected chi connectivity index (χ4v) is 4.73. The van der Waals surface area contributed by atoms with Gasteiger partial charge < -0.3 is 0 Å². The first kappa shape index (κ1) is 16.3. The standard InChI is InChI=1S/C20H7F2N3O3S/c21-15-16(22)25-17(23-15)8-3-4-10-14-11(6-5-9(13(8)14)20(25)28)19(27)24(18(10)26)12-2-1-7-29-12/h1-7H. The number of pyridine rings is 1. The number of hydrogen-bond acceptors (Lipinski definition) is 5. The van der Waals surface area contributed by atoms with Crippen molar-refractivity contribution in [2.45, 2.75) is 0 Å². The van der Waals surface area contributed by atoms with Crippen molar-refractivity contribution in [3.05, 3.63) is 75.2 Å². The number of anilines is 1. The number of fused-ring (bicyclic) bond motifs is 2. The monoisotopic (exact) mass is 407 g/mol. The molecule has 0 N–H and O–H groups in total. The first-order chi connectivity index (χ1) is 14.0. The Hall–Kier alpha value is -3.72. The number of carbonyl (C=O) groups is 2. The zero-order valence-corrected chi connectivity index (χ0v) is 15.1. The van der Waals surface area contributed by atoms with Crippen molar-refractivity contribution >= 4 is 55.3 Å². The van der Waals surface area contributed by atoms with Gasteiger partial charge in [-0.25, -0.2) is 9.30 Å². The molecule has 2 amide bonds. The van der Waals surface area contributed by atoms with Crippen LogP contribution in [0, 0.1) is 11.9 Å². The van der Waals surface area contributed by atoms with Gasteiger partial charge in [0.2, 0.25) is 0 Å². The number of benzene rings is 2. The summed E-state index contributed by atoms with van der Waals surface area (Å²) in [6.07, 6.45) is 0. The number of amides is 2. The van der Waals surface area contributed by atoms with Crippen molar-refractivity contribution in [3.8, 4) is 0 Å². The molecule has 0 aliphatic carbocycles. The normalized spacial score (nSPS) is 14.1. The third-order valence-electron chi connectivity index (χ3n) is 5.21. The molecule has 1 aliphatic heterocycles. The van der Waals surface area contributed by atoms with Crippen LogP contribution in [0.5, 0.6) is 0 Å². The van der Waals surface area contributed by atoms with E-state index in [-0.39, 0.29) is 27.5 Å². The maximum atomic E-state index is 14.1. The summed E-state index contributed by atoms with van der Waals surface area (Å²) in [6.45, 7) is 0. The Labute approximate surface area is 163 Å². The average molecular weight is 407 g/mol. The van der Waals surface area contributed by atoms with Crippen LogP contribution in [0.3, 0.4) is 0 Å². The quantitative estimate of drug-likeness (QED) is 0.398. The van der Waals surface area contributed by atoms with E-state index in [0.29, 0.717) is 20.2 Å². The summed E-state index contributed by atoms with van der Waals surface area (Å²) >= 11 is 1.25. The molecule has 0 spiro atoms. The maximum Gasteiger partial charge on any atom is 0.269 e. The summed E-state index contributed by atoms with van der Waals surface area (Å²) < 4.78 is 28.5. The van der Waals surface area contributed by atoms with E-state index in [1.807, 2.05) is 0 Å². The average Bonchev–Trinajstić information content (AvgIpc) is 3.33. The number of imide groups is 1. The number of rotatable bonds is 1. The molecule has 29 heavy (non-hydrogen) atoms. The Bertz CT molecular complexity index is 1570. The molecule has 6 nitrogen and oxygen atoms in total. The highest BCUT2D eigenvalue weighted by molar-refractivity contribution is 7.14. The molecule has 3 aromatic heterocycles. The van der Waals surface area contributed by atoms with Gasteiger partial charge in [-0.1, -0.05) is 0 Å². The molecule has 0 saturated carbocycles. The molecular weight excluding hydrogens is 400 g/mol. The third-order valence-corrected chi connectivity index (χ3v) is 6.06. The van der Waals surface area contributed by atoms with Gasteiger partial charge in [-0.05, 0) is 41.8 Å². The van der Waals surface area contributed by atoms with E-state index in [0.717, 1.165) is 4.90 Å². The second-order valence-corrected chi connectivity index (χ2v) is 7.55. The summed E-state index contributed by atoms with van der Waals surface area (Å²) in [4.78, 5) is 43.7. The molecule has 2 aromatic carbocycles. The third kappa shape index (κ3) is 1.82. The van der Waals surface area contributed by atoms with Crippen LogP contribution in [0.1, 0.15) is 20.7 Å². The second kappa shape index (κ2) is 5.21. The minimum absolute atomic E-state index is 0.0783. The molecule has 0 radical (unpaired) electrons. The molecule has 1 aliphatic rings. The van der Waals surface area contributed by atoms with Gasteiger partial charge >= 0.3 is 0 Å².